The van der Waals surface area contributed by atoms with E-state index in [-0.39, 0.29) is 16.6 Å². The molecule has 1 aliphatic heterocycles. The highest BCUT2D eigenvalue weighted by Gasteiger charge is 2.34. The molecular formula is C16H20N2O4S. The SMILES string of the molecule is CC(C)(C)OC(=O)N1CCC(S(=O)c2nc3ccccc3o2)C1. The molecule has 0 bridgehead atoms. The number of carbonyl (C=O) groups excluding carboxylic acids is 1. The molecule has 124 valence electrons. The Bertz CT molecular complexity index is 717. The molecule has 0 radical (unpaired) electrons. The lowest BCUT2D eigenvalue weighted by molar-refractivity contribution is 0.0295. The first kappa shape index (κ1) is 16.0. The van der Waals surface area contributed by atoms with E-state index in [0.29, 0.717) is 30.6 Å². The summed E-state index contributed by atoms with van der Waals surface area (Å²) in [7, 11) is -1.38. The van der Waals surface area contributed by atoms with Crippen LogP contribution in [0.5, 0.6) is 0 Å². The van der Waals surface area contributed by atoms with Crippen LogP contribution in [-0.2, 0) is 15.5 Å². The molecule has 0 saturated carbocycles. The third-order valence-corrected chi connectivity index (χ3v) is 5.05. The zero-order chi connectivity index (χ0) is 16.6. The molecule has 2 unspecified atom stereocenters. The van der Waals surface area contributed by atoms with Gasteiger partial charge in [0.25, 0.3) is 5.22 Å². The third-order valence-electron chi connectivity index (χ3n) is 3.55. The summed E-state index contributed by atoms with van der Waals surface area (Å²) < 4.78 is 23.6. The van der Waals surface area contributed by atoms with Gasteiger partial charge in [-0.25, -0.2) is 14.0 Å². The highest BCUT2D eigenvalue weighted by atomic mass is 32.2. The Labute approximate surface area is 137 Å². The first-order valence-corrected chi connectivity index (χ1v) is 8.79. The zero-order valence-corrected chi connectivity index (χ0v) is 14.3. The highest BCUT2D eigenvalue weighted by molar-refractivity contribution is 7.85. The van der Waals surface area contributed by atoms with Crippen LogP contribution in [0.25, 0.3) is 11.1 Å². The number of benzene rings is 1. The topological polar surface area (TPSA) is 72.6 Å². The number of fused-ring (bicyclic) bond motifs is 1. The van der Waals surface area contributed by atoms with Gasteiger partial charge in [0.15, 0.2) is 5.58 Å². The van der Waals surface area contributed by atoms with E-state index in [4.69, 9.17) is 9.15 Å². The number of para-hydroxylation sites is 2. The molecule has 2 atom stereocenters. The maximum atomic E-state index is 12.6. The third kappa shape index (κ3) is 3.55. The molecule has 2 aromatic rings. The number of likely N-dealkylation sites (tertiary alicyclic amines) is 1. The van der Waals surface area contributed by atoms with E-state index in [1.807, 2.05) is 39.0 Å². The second-order valence-corrected chi connectivity index (χ2v) is 8.19. The van der Waals surface area contributed by atoms with Gasteiger partial charge in [-0.05, 0) is 39.3 Å². The number of ether oxygens (including phenoxy) is 1. The minimum absolute atomic E-state index is 0.185. The van der Waals surface area contributed by atoms with Crippen molar-refractivity contribution in [2.24, 2.45) is 0 Å². The van der Waals surface area contributed by atoms with Crippen molar-refractivity contribution in [2.75, 3.05) is 13.1 Å². The van der Waals surface area contributed by atoms with Crippen molar-refractivity contribution in [3.8, 4) is 0 Å². The Morgan fingerprint density at radius 2 is 2.13 bits per heavy atom. The predicted molar refractivity (Wildman–Crippen MR) is 86.6 cm³/mol. The number of rotatable bonds is 2. The van der Waals surface area contributed by atoms with Crippen LogP contribution in [-0.4, -0.2) is 44.1 Å². The largest absolute Gasteiger partial charge is 0.444 e. The molecule has 0 spiro atoms. The normalized spacial score (nSPS) is 20.0. The molecule has 1 aromatic carbocycles. The maximum absolute atomic E-state index is 12.6. The fourth-order valence-electron chi connectivity index (χ4n) is 2.47. The molecular weight excluding hydrogens is 316 g/mol. The first-order chi connectivity index (χ1) is 10.8. The number of aromatic nitrogens is 1. The number of hydrogen-bond acceptors (Lipinski definition) is 5. The minimum atomic E-state index is -1.38. The fourth-order valence-corrected chi connectivity index (χ4v) is 3.76. The van der Waals surface area contributed by atoms with Crippen molar-refractivity contribution in [1.29, 1.82) is 0 Å². The Morgan fingerprint density at radius 3 is 2.83 bits per heavy atom. The van der Waals surface area contributed by atoms with Gasteiger partial charge in [0.05, 0.1) is 5.25 Å². The van der Waals surface area contributed by atoms with E-state index in [2.05, 4.69) is 4.98 Å². The van der Waals surface area contributed by atoms with Crippen molar-refractivity contribution in [2.45, 2.75) is 43.3 Å². The van der Waals surface area contributed by atoms with Crippen molar-refractivity contribution < 1.29 is 18.2 Å². The Balaban J connectivity index is 1.68. The quantitative estimate of drug-likeness (QED) is 0.843. The molecule has 0 aliphatic carbocycles. The average Bonchev–Trinajstić information content (AvgIpc) is 3.11. The summed E-state index contributed by atoms with van der Waals surface area (Å²) in [5.41, 5.74) is 0.782. The highest BCUT2D eigenvalue weighted by Crippen LogP contribution is 2.24. The summed E-state index contributed by atoms with van der Waals surface area (Å²) in [6, 6.07) is 7.32. The van der Waals surface area contributed by atoms with Gasteiger partial charge in [0.2, 0.25) is 0 Å². The van der Waals surface area contributed by atoms with Crippen LogP contribution in [0.3, 0.4) is 0 Å². The van der Waals surface area contributed by atoms with Gasteiger partial charge in [0, 0.05) is 13.1 Å². The van der Waals surface area contributed by atoms with E-state index in [1.54, 1.807) is 11.0 Å². The Kier molecular flexibility index (Phi) is 4.14. The van der Waals surface area contributed by atoms with Crippen LogP contribution in [0.1, 0.15) is 27.2 Å². The number of nitrogens with zero attached hydrogens (tertiary/aromatic N) is 2. The predicted octanol–water partition coefficient (Wildman–Crippen LogP) is 2.94. The molecule has 3 rings (SSSR count). The molecule has 1 aliphatic rings. The van der Waals surface area contributed by atoms with Gasteiger partial charge in [0.1, 0.15) is 21.9 Å². The number of hydrogen-bond donors (Lipinski definition) is 0. The van der Waals surface area contributed by atoms with Gasteiger partial charge in [-0.2, -0.15) is 0 Å². The summed E-state index contributed by atoms with van der Waals surface area (Å²) in [6.45, 7) is 6.41. The van der Waals surface area contributed by atoms with Crippen LogP contribution in [0.2, 0.25) is 0 Å². The van der Waals surface area contributed by atoms with Crippen LogP contribution < -0.4 is 0 Å². The molecule has 1 amide bonds. The number of carbonyl (C=O) groups is 1. The van der Waals surface area contributed by atoms with Crippen LogP contribution in [0, 0.1) is 0 Å². The summed E-state index contributed by atoms with van der Waals surface area (Å²) >= 11 is 0. The molecule has 1 saturated heterocycles. The fraction of sp³-hybridized carbons (Fsp3) is 0.500. The van der Waals surface area contributed by atoms with E-state index in [9.17, 15) is 9.00 Å². The van der Waals surface area contributed by atoms with Crippen molar-refractivity contribution in [1.82, 2.24) is 9.88 Å². The summed E-state index contributed by atoms with van der Waals surface area (Å²) in [5.74, 6) is 0. The lowest BCUT2D eigenvalue weighted by Gasteiger charge is -2.24. The first-order valence-electron chi connectivity index (χ1n) is 7.57. The van der Waals surface area contributed by atoms with Gasteiger partial charge in [-0.1, -0.05) is 12.1 Å². The monoisotopic (exact) mass is 336 g/mol. The average molecular weight is 336 g/mol. The summed E-state index contributed by atoms with van der Waals surface area (Å²) in [5, 5.41) is 0.0396. The van der Waals surface area contributed by atoms with Crippen LogP contribution >= 0.6 is 0 Å². The Morgan fingerprint density at radius 1 is 1.39 bits per heavy atom. The van der Waals surface area contributed by atoms with E-state index >= 15 is 0 Å². The lowest BCUT2D eigenvalue weighted by Crippen LogP contribution is -2.36. The van der Waals surface area contributed by atoms with Gasteiger partial charge in [-0.3, -0.25) is 0 Å². The molecule has 1 fully saturated rings. The molecule has 6 nitrogen and oxygen atoms in total. The van der Waals surface area contributed by atoms with Gasteiger partial charge in [-0.15, -0.1) is 0 Å². The van der Waals surface area contributed by atoms with Crippen molar-refractivity contribution in [3.63, 3.8) is 0 Å². The van der Waals surface area contributed by atoms with E-state index < -0.39 is 16.4 Å². The maximum Gasteiger partial charge on any atom is 0.410 e. The lowest BCUT2D eigenvalue weighted by atomic mass is 10.2. The zero-order valence-electron chi connectivity index (χ0n) is 13.4. The molecule has 1 aromatic heterocycles. The number of oxazole rings is 1. The standard InChI is InChI=1S/C16H20N2O4S/c1-16(2,3)22-15(19)18-9-8-11(10-18)23(20)14-17-12-6-4-5-7-13(12)21-14/h4-7,11H,8-10H2,1-3H3. The van der Waals surface area contributed by atoms with Crippen LogP contribution in [0.4, 0.5) is 4.79 Å². The molecule has 7 heteroatoms. The smallest absolute Gasteiger partial charge is 0.410 e. The minimum Gasteiger partial charge on any atom is -0.444 e. The molecule has 2 heterocycles. The van der Waals surface area contributed by atoms with Gasteiger partial charge < -0.3 is 14.1 Å². The van der Waals surface area contributed by atoms with E-state index in [0.717, 1.165) is 0 Å². The number of amides is 1. The van der Waals surface area contributed by atoms with Crippen LogP contribution in [0.15, 0.2) is 33.9 Å². The second-order valence-electron chi connectivity index (χ2n) is 6.58. The Hall–Kier alpha value is -1.89. The molecule has 0 N–H and O–H groups in total. The summed E-state index contributed by atoms with van der Waals surface area (Å²) in [4.78, 5) is 18.0. The van der Waals surface area contributed by atoms with Crippen molar-refractivity contribution in [3.05, 3.63) is 24.3 Å². The second kappa shape index (κ2) is 5.96. The van der Waals surface area contributed by atoms with E-state index in [1.165, 1.54) is 0 Å². The van der Waals surface area contributed by atoms with Crippen molar-refractivity contribution >= 4 is 28.0 Å². The molecule has 23 heavy (non-hydrogen) atoms. The summed E-state index contributed by atoms with van der Waals surface area (Å²) in [6.07, 6.45) is 0.277. The van der Waals surface area contributed by atoms with Gasteiger partial charge >= 0.3 is 6.09 Å².